The molecule has 14 heavy (non-hydrogen) atoms. The first-order valence-corrected chi connectivity index (χ1v) is 4.11. The van der Waals surface area contributed by atoms with Gasteiger partial charge in [0.1, 0.15) is 0 Å². The van der Waals surface area contributed by atoms with E-state index in [1.807, 2.05) is 0 Å². The van der Waals surface area contributed by atoms with Crippen LogP contribution in [0.2, 0.25) is 0 Å². The lowest BCUT2D eigenvalue weighted by atomic mass is 10.2. The standard InChI is InChI=1S/C9H9N4O/c10-5-7-6-3-1-2-4-8(6)13(12-7)9(11)14/h2-4H,5,10H2,(H2,11,14). The summed E-state index contributed by atoms with van der Waals surface area (Å²) in [6.45, 7) is 0.272. The summed E-state index contributed by atoms with van der Waals surface area (Å²) >= 11 is 0. The van der Waals surface area contributed by atoms with Gasteiger partial charge in [0.05, 0.1) is 11.2 Å². The van der Waals surface area contributed by atoms with Crippen LogP contribution in [0.25, 0.3) is 10.9 Å². The van der Waals surface area contributed by atoms with Gasteiger partial charge in [-0.3, -0.25) is 0 Å². The number of primary amides is 1. The third-order valence-electron chi connectivity index (χ3n) is 2.00. The minimum absolute atomic E-state index is 0.272. The van der Waals surface area contributed by atoms with Gasteiger partial charge in [0.25, 0.3) is 0 Å². The molecule has 1 aromatic carbocycles. The number of hydrogen-bond donors (Lipinski definition) is 2. The van der Waals surface area contributed by atoms with Crippen LogP contribution in [0.1, 0.15) is 5.69 Å². The van der Waals surface area contributed by atoms with Gasteiger partial charge in [-0.25, -0.2) is 4.79 Å². The molecule has 0 saturated heterocycles. The fraction of sp³-hybridized carbons (Fsp3) is 0.111. The van der Waals surface area contributed by atoms with Crippen molar-refractivity contribution in [3.05, 3.63) is 30.0 Å². The highest BCUT2D eigenvalue weighted by molar-refractivity contribution is 5.90. The van der Waals surface area contributed by atoms with Crippen LogP contribution < -0.4 is 11.5 Å². The molecule has 1 heterocycles. The number of carbonyl (C=O) groups is 1. The second-order valence-corrected chi connectivity index (χ2v) is 2.84. The Bertz CT molecular complexity index is 489. The largest absolute Gasteiger partial charge is 0.350 e. The van der Waals surface area contributed by atoms with E-state index in [0.29, 0.717) is 11.2 Å². The molecule has 1 amide bonds. The quantitative estimate of drug-likeness (QED) is 0.672. The summed E-state index contributed by atoms with van der Waals surface area (Å²) in [6.07, 6.45) is 0. The zero-order chi connectivity index (χ0) is 10.1. The molecule has 5 heteroatoms. The monoisotopic (exact) mass is 189 g/mol. The third-order valence-corrected chi connectivity index (χ3v) is 2.00. The van der Waals surface area contributed by atoms with Gasteiger partial charge in [0, 0.05) is 11.9 Å². The van der Waals surface area contributed by atoms with Crippen molar-refractivity contribution < 1.29 is 4.79 Å². The molecule has 0 saturated carbocycles. The molecule has 1 aromatic heterocycles. The molecule has 0 spiro atoms. The number of hydrogen-bond acceptors (Lipinski definition) is 3. The second-order valence-electron chi connectivity index (χ2n) is 2.84. The average molecular weight is 189 g/mol. The van der Waals surface area contributed by atoms with Crippen molar-refractivity contribution in [3.8, 4) is 0 Å². The van der Waals surface area contributed by atoms with Gasteiger partial charge < -0.3 is 11.5 Å². The Hall–Kier alpha value is -1.88. The predicted octanol–water partition coefficient (Wildman–Crippen LogP) is 0.222. The van der Waals surface area contributed by atoms with Gasteiger partial charge >= 0.3 is 6.03 Å². The first-order valence-electron chi connectivity index (χ1n) is 4.11. The van der Waals surface area contributed by atoms with Crippen molar-refractivity contribution in [3.63, 3.8) is 0 Å². The molecule has 0 aliphatic heterocycles. The van der Waals surface area contributed by atoms with Crippen LogP contribution in [0, 0.1) is 6.07 Å². The molecule has 0 aliphatic carbocycles. The molecule has 4 N–H and O–H groups in total. The van der Waals surface area contributed by atoms with Crippen LogP contribution >= 0.6 is 0 Å². The number of carbonyl (C=O) groups excluding carboxylic acids is 1. The lowest BCUT2D eigenvalue weighted by molar-refractivity contribution is 0.248. The SMILES string of the molecule is NCc1nn(C(N)=O)c2cc[c]cc12. The highest BCUT2D eigenvalue weighted by Gasteiger charge is 2.11. The van der Waals surface area contributed by atoms with Crippen molar-refractivity contribution in [1.29, 1.82) is 0 Å². The Labute approximate surface area is 80.3 Å². The summed E-state index contributed by atoms with van der Waals surface area (Å²) in [6, 6.07) is 7.46. The molecule has 0 bridgehead atoms. The molecule has 0 fully saturated rings. The van der Waals surface area contributed by atoms with Crippen molar-refractivity contribution in [2.24, 2.45) is 11.5 Å². The normalized spacial score (nSPS) is 10.6. The number of nitrogens with two attached hydrogens (primary N) is 2. The lowest BCUT2D eigenvalue weighted by Crippen LogP contribution is -2.20. The minimum Gasteiger partial charge on any atom is -0.350 e. The van der Waals surface area contributed by atoms with E-state index in [4.69, 9.17) is 11.5 Å². The molecule has 2 rings (SSSR count). The Morgan fingerprint density at radius 1 is 1.64 bits per heavy atom. The Morgan fingerprint density at radius 3 is 3.07 bits per heavy atom. The molecular weight excluding hydrogens is 180 g/mol. The Kier molecular flexibility index (Phi) is 1.94. The number of aromatic nitrogens is 2. The van der Waals surface area contributed by atoms with Gasteiger partial charge in [0.2, 0.25) is 0 Å². The van der Waals surface area contributed by atoms with Crippen molar-refractivity contribution in [1.82, 2.24) is 9.78 Å². The van der Waals surface area contributed by atoms with E-state index >= 15 is 0 Å². The number of nitrogens with zero attached hydrogens (tertiary/aromatic N) is 2. The van der Waals surface area contributed by atoms with E-state index < -0.39 is 6.03 Å². The van der Waals surface area contributed by atoms with Crippen LogP contribution in [0.4, 0.5) is 4.79 Å². The third kappa shape index (κ3) is 1.14. The number of rotatable bonds is 1. The molecule has 5 nitrogen and oxygen atoms in total. The van der Waals surface area contributed by atoms with E-state index in [1.54, 1.807) is 18.2 Å². The first kappa shape index (κ1) is 8.71. The van der Waals surface area contributed by atoms with Gasteiger partial charge in [-0.1, -0.05) is 6.07 Å². The molecule has 0 unspecified atom stereocenters. The molecule has 71 valence electrons. The van der Waals surface area contributed by atoms with Crippen molar-refractivity contribution in [2.45, 2.75) is 6.54 Å². The van der Waals surface area contributed by atoms with Gasteiger partial charge in [-0.2, -0.15) is 9.78 Å². The topological polar surface area (TPSA) is 86.9 Å². The summed E-state index contributed by atoms with van der Waals surface area (Å²) in [5.41, 5.74) is 12.0. The smallest absolute Gasteiger partial charge is 0.340 e. The highest BCUT2D eigenvalue weighted by Crippen LogP contribution is 2.16. The van der Waals surface area contributed by atoms with E-state index in [2.05, 4.69) is 11.2 Å². The summed E-state index contributed by atoms with van der Waals surface area (Å²) in [5, 5.41) is 4.82. The predicted molar refractivity (Wildman–Crippen MR) is 51.4 cm³/mol. The fourth-order valence-corrected chi connectivity index (χ4v) is 1.39. The van der Waals surface area contributed by atoms with Crippen LogP contribution in [-0.2, 0) is 6.54 Å². The first-order chi connectivity index (χ1) is 6.74. The fourth-order valence-electron chi connectivity index (χ4n) is 1.39. The second kappa shape index (κ2) is 3.12. The molecule has 1 radical (unpaired) electrons. The molecule has 0 aliphatic rings. The van der Waals surface area contributed by atoms with E-state index in [1.165, 1.54) is 0 Å². The maximum atomic E-state index is 11.0. The van der Waals surface area contributed by atoms with Gasteiger partial charge in [0.15, 0.2) is 0 Å². The summed E-state index contributed by atoms with van der Waals surface area (Å²) in [5.74, 6) is 0. The summed E-state index contributed by atoms with van der Waals surface area (Å²) < 4.78 is 1.14. The van der Waals surface area contributed by atoms with Gasteiger partial charge in [-0.05, 0) is 18.2 Å². The maximum absolute atomic E-state index is 11.0. The van der Waals surface area contributed by atoms with E-state index in [0.717, 1.165) is 10.1 Å². The van der Waals surface area contributed by atoms with E-state index in [9.17, 15) is 4.79 Å². The lowest BCUT2D eigenvalue weighted by Gasteiger charge is -1.94. The molecular formula is C9H9N4O. The number of amides is 1. The number of benzene rings is 1. The highest BCUT2D eigenvalue weighted by atomic mass is 16.2. The van der Waals surface area contributed by atoms with Crippen molar-refractivity contribution >= 4 is 16.9 Å². The summed E-state index contributed by atoms with van der Waals surface area (Å²) in [7, 11) is 0. The zero-order valence-corrected chi connectivity index (χ0v) is 7.40. The average Bonchev–Trinajstić information content (AvgIpc) is 2.56. The minimum atomic E-state index is -0.610. The Morgan fingerprint density at radius 2 is 2.43 bits per heavy atom. The summed E-state index contributed by atoms with van der Waals surface area (Å²) in [4.78, 5) is 11.0. The number of fused-ring (bicyclic) bond motifs is 1. The maximum Gasteiger partial charge on any atom is 0.340 e. The Balaban J connectivity index is 2.80. The van der Waals surface area contributed by atoms with Crippen LogP contribution in [0.3, 0.4) is 0 Å². The van der Waals surface area contributed by atoms with Crippen LogP contribution in [-0.4, -0.2) is 15.8 Å². The molecule has 2 aromatic rings. The van der Waals surface area contributed by atoms with E-state index in [-0.39, 0.29) is 6.54 Å². The van der Waals surface area contributed by atoms with Crippen LogP contribution in [0.15, 0.2) is 18.2 Å². The van der Waals surface area contributed by atoms with Gasteiger partial charge in [-0.15, -0.1) is 0 Å². The zero-order valence-electron chi connectivity index (χ0n) is 7.40. The van der Waals surface area contributed by atoms with Crippen LogP contribution in [0.5, 0.6) is 0 Å². The molecule has 0 atom stereocenters. The van der Waals surface area contributed by atoms with Crippen molar-refractivity contribution in [2.75, 3.05) is 0 Å².